The first-order valence-corrected chi connectivity index (χ1v) is 4.05. The molecule has 0 N–H and O–H groups in total. The fourth-order valence-electron chi connectivity index (χ4n) is 1.03. The highest BCUT2D eigenvalue weighted by molar-refractivity contribution is 6.31. The summed E-state index contributed by atoms with van der Waals surface area (Å²) in [4.78, 5) is 13.7. The van der Waals surface area contributed by atoms with Crippen molar-refractivity contribution in [2.45, 2.75) is 6.42 Å². The van der Waals surface area contributed by atoms with Crippen molar-refractivity contribution in [3.63, 3.8) is 0 Å². The minimum atomic E-state index is -0.476. The Morgan fingerprint density at radius 2 is 2.31 bits per heavy atom. The lowest BCUT2D eigenvalue weighted by molar-refractivity contribution is -0.385. The third-order valence-corrected chi connectivity index (χ3v) is 2.09. The van der Waals surface area contributed by atoms with Gasteiger partial charge in [-0.05, 0) is 12.0 Å². The molecule has 5 heteroatoms. The first kappa shape index (κ1) is 8.19. The summed E-state index contributed by atoms with van der Waals surface area (Å²) < 4.78 is 0. The van der Waals surface area contributed by atoms with Crippen LogP contribution in [0.25, 0.3) is 5.57 Å². The molecule has 0 aromatic carbocycles. The predicted molar refractivity (Wildman–Crippen MR) is 48.5 cm³/mol. The monoisotopic (exact) mass is 196 g/mol. The molecule has 1 aromatic heterocycles. The second kappa shape index (κ2) is 2.81. The number of aromatic nitrogens is 1. The maximum atomic E-state index is 10.4. The van der Waals surface area contributed by atoms with Crippen LogP contribution in [-0.4, -0.2) is 9.91 Å². The highest BCUT2D eigenvalue weighted by Crippen LogP contribution is 2.35. The van der Waals surface area contributed by atoms with E-state index in [1.165, 1.54) is 6.07 Å². The Labute approximate surface area is 79.0 Å². The molecule has 0 saturated heterocycles. The van der Waals surface area contributed by atoms with Crippen molar-refractivity contribution in [2.75, 3.05) is 0 Å². The van der Waals surface area contributed by atoms with E-state index in [0.717, 1.165) is 18.2 Å². The van der Waals surface area contributed by atoms with Crippen LogP contribution in [0, 0.1) is 10.1 Å². The highest BCUT2D eigenvalue weighted by Gasteiger charge is 2.18. The van der Waals surface area contributed by atoms with Gasteiger partial charge < -0.3 is 0 Å². The Morgan fingerprint density at radius 3 is 2.85 bits per heavy atom. The molecule has 66 valence electrons. The van der Waals surface area contributed by atoms with E-state index in [-0.39, 0.29) is 5.69 Å². The van der Waals surface area contributed by atoms with Gasteiger partial charge in [0.25, 0.3) is 5.69 Å². The van der Waals surface area contributed by atoms with E-state index < -0.39 is 4.92 Å². The van der Waals surface area contributed by atoms with Gasteiger partial charge in [0, 0.05) is 11.6 Å². The minimum Gasteiger partial charge on any atom is -0.258 e. The third kappa shape index (κ3) is 1.53. The molecule has 0 unspecified atom stereocenters. The molecule has 1 aliphatic rings. The molecular weight excluding hydrogens is 192 g/mol. The van der Waals surface area contributed by atoms with Gasteiger partial charge >= 0.3 is 0 Å². The fraction of sp³-hybridized carbons (Fsp3) is 0.125. The van der Waals surface area contributed by atoms with E-state index in [1.807, 2.05) is 6.08 Å². The number of halogens is 1. The number of pyridine rings is 1. The maximum absolute atomic E-state index is 10.4. The van der Waals surface area contributed by atoms with Crippen molar-refractivity contribution in [1.29, 1.82) is 0 Å². The fourth-order valence-corrected chi connectivity index (χ4v) is 1.26. The van der Waals surface area contributed by atoms with E-state index in [2.05, 4.69) is 4.98 Å². The molecule has 0 radical (unpaired) electrons. The zero-order chi connectivity index (χ0) is 9.42. The van der Waals surface area contributed by atoms with Crippen molar-refractivity contribution < 1.29 is 4.92 Å². The minimum absolute atomic E-state index is 0.0211. The van der Waals surface area contributed by atoms with Crippen LogP contribution in [0.2, 0.25) is 5.15 Å². The second-order valence-electron chi connectivity index (χ2n) is 2.72. The summed E-state index contributed by atoms with van der Waals surface area (Å²) in [6, 6.07) is 1.45. The van der Waals surface area contributed by atoms with Gasteiger partial charge in [-0.2, -0.15) is 0 Å². The van der Waals surface area contributed by atoms with Gasteiger partial charge in [0.15, 0.2) is 0 Å². The van der Waals surface area contributed by atoms with E-state index in [0.29, 0.717) is 10.7 Å². The molecule has 1 heterocycles. The first-order chi connectivity index (χ1) is 6.18. The van der Waals surface area contributed by atoms with Crippen LogP contribution in [0.1, 0.15) is 12.0 Å². The summed E-state index contributed by atoms with van der Waals surface area (Å²) in [6.45, 7) is 0. The van der Waals surface area contributed by atoms with Crippen LogP contribution in [0.4, 0.5) is 5.69 Å². The summed E-state index contributed by atoms with van der Waals surface area (Å²) in [6.07, 6.45) is 3.96. The summed E-state index contributed by atoms with van der Waals surface area (Å²) in [7, 11) is 0. The number of hydrogen-bond acceptors (Lipinski definition) is 3. The Hall–Kier alpha value is -1.42. The van der Waals surface area contributed by atoms with Crippen molar-refractivity contribution in [1.82, 2.24) is 4.98 Å². The van der Waals surface area contributed by atoms with E-state index in [9.17, 15) is 10.1 Å². The average molecular weight is 197 g/mol. The lowest BCUT2D eigenvalue weighted by atomic mass is 10.2. The molecule has 0 spiro atoms. The molecule has 13 heavy (non-hydrogen) atoms. The molecule has 0 atom stereocenters. The molecule has 2 rings (SSSR count). The molecular formula is C8H5ClN2O2. The van der Waals surface area contributed by atoms with E-state index >= 15 is 0 Å². The average Bonchev–Trinajstić information content (AvgIpc) is 2.87. The van der Waals surface area contributed by atoms with Crippen molar-refractivity contribution in [3.8, 4) is 0 Å². The summed E-state index contributed by atoms with van der Waals surface area (Å²) in [5.74, 6) is 0. The van der Waals surface area contributed by atoms with Gasteiger partial charge in [0.2, 0.25) is 0 Å². The van der Waals surface area contributed by atoms with Crippen molar-refractivity contribution in [3.05, 3.63) is 39.2 Å². The zero-order valence-electron chi connectivity index (χ0n) is 6.53. The predicted octanol–water partition coefficient (Wildman–Crippen LogP) is 2.43. The van der Waals surface area contributed by atoms with Crippen LogP contribution < -0.4 is 0 Å². The smallest absolute Gasteiger partial charge is 0.258 e. The molecule has 4 nitrogen and oxygen atoms in total. The van der Waals surface area contributed by atoms with Crippen molar-refractivity contribution >= 4 is 22.9 Å². The Morgan fingerprint density at radius 1 is 1.62 bits per heavy atom. The highest BCUT2D eigenvalue weighted by atomic mass is 35.5. The second-order valence-corrected chi connectivity index (χ2v) is 3.08. The maximum Gasteiger partial charge on any atom is 0.288 e. The molecule has 0 aliphatic heterocycles. The van der Waals surface area contributed by atoms with Crippen LogP contribution in [0.5, 0.6) is 0 Å². The topological polar surface area (TPSA) is 56.0 Å². The van der Waals surface area contributed by atoms with Crippen LogP contribution in [-0.2, 0) is 0 Å². The van der Waals surface area contributed by atoms with Gasteiger partial charge in [0.05, 0.1) is 4.92 Å². The van der Waals surface area contributed by atoms with Gasteiger partial charge in [-0.15, -0.1) is 0 Å². The van der Waals surface area contributed by atoms with Crippen LogP contribution in [0.15, 0.2) is 18.3 Å². The van der Waals surface area contributed by atoms with Gasteiger partial charge in [-0.3, -0.25) is 10.1 Å². The molecule has 0 bridgehead atoms. The van der Waals surface area contributed by atoms with Gasteiger partial charge in [-0.25, -0.2) is 4.98 Å². The van der Waals surface area contributed by atoms with Gasteiger partial charge in [-0.1, -0.05) is 17.7 Å². The number of nitrogens with zero attached hydrogens (tertiary/aromatic N) is 2. The molecule has 0 fully saturated rings. The number of rotatable bonds is 2. The number of hydrogen-bond donors (Lipinski definition) is 0. The van der Waals surface area contributed by atoms with E-state index in [4.69, 9.17) is 11.6 Å². The molecule has 0 saturated carbocycles. The summed E-state index contributed by atoms with van der Waals surface area (Å²) in [5, 5.41) is 10.7. The summed E-state index contributed by atoms with van der Waals surface area (Å²) in [5.41, 5.74) is 1.68. The lowest BCUT2D eigenvalue weighted by Gasteiger charge is -1.97. The number of allylic oxidation sites excluding steroid dienone is 2. The Balaban J connectivity index is 2.48. The summed E-state index contributed by atoms with van der Waals surface area (Å²) >= 11 is 5.76. The van der Waals surface area contributed by atoms with Crippen molar-refractivity contribution in [2.24, 2.45) is 0 Å². The van der Waals surface area contributed by atoms with Crippen LogP contribution in [0.3, 0.4) is 0 Å². The standard InChI is InChI=1S/C8H5ClN2O2/c9-8-7(5-1-2-5)3-6(4-10-8)11(12)13/h1,3-4H,2H2. The zero-order valence-corrected chi connectivity index (χ0v) is 7.28. The molecule has 0 amide bonds. The first-order valence-electron chi connectivity index (χ1n) is 3.68. The largest absolute Gasteiger partial charge is 0.288 e. The van der Waals surface area contributed by atoms with Gasteiger partial charge in [0.1, 0.15) is 11.3 Å². The Kier molecular flexibility index (Phi) is 1.77. The third-order valence-electron chi connectivity index (χ3n) is 1.79. The number of nitro groups is 1. The SMILES string of the molecule is O=[N+]([O-])c1cnc(Cl)c(C2=CC2)c1. The lowest BCUT2D eigenvalue weighted by Crippen LogP contribution is -1.91. The van der Waals surface area contributed by atoms with E-state index in [1.54, 1.807) is 0 Å². The normalized spacial score (nSPS) is 13.8. The quantitative estimate of drug-likeness (QED) is 0.415. The van der Waals surface area contributed by atoms with Crippen LogP contribution >= 0.6 is 11.6 Å². The molecule has 1 aromatic rings. The Bertz CT molecular complexity index is 415. The molecule has 1 aliphatic carbocycles.